The molecule has 5 aromatic rings. The number of fused-ring (bicyclic) bond motifs is 1. The minimum atomic E-state index is -0.600. The Hall–Kier alpha value is -4.40. The number of nitrogens with one attached hydrogen (secondary N) is 1. The minimum absolute atomic E-state index is 0.0570. The van der Waals surface area contributed by atoms with Gasteiger partial charge < -0.3 is 5.32 Å². The molecule has 1 N–H and O–H groups in total. The zero-order valence-electron chi connectivity index (χ0n) is 18.2. The van der Waals surface area contributed by atoms with E-state index < -0.39 is 11.7 Å². The van der Waals surface area contributed by atoms with E-state index in [2.05, 4.69) is 31.5 Å². The first-order valence-corrected chi connectivity index (χ1v) is 10.3. The van der Waals surface area contributed by atoms with E-state index in [4.69, 9.17) is 0 Å². The van der Waals surface area contributed by atoms with Crippen LogP contribution >= 0.6 is 0 Å². The molecule has 33 heavy (non-hydrogen) atoms. The molecule has 3 aromatic heterocycles. The van der Waals surface area contributed by atoms with Gasteiger partial charge in [0.1, 0.15) is 18.0 Å². The van der Waals surface area contributed by atoms with E-state index in [1.165, 1.54) is 29.2 Å². The number of hydrogen-bond acceptors (Lipinski definition) is 5. The van der Waals surface area contributed by atoms with Crippen LogP contribution in [0.5, 0.6) is 0 Å². The molecule has 1 amide bonds. The lowest BCUT2D eigenvalue weighted by molar-refractivity contribution is 0.102. The lowest BCUT2D eigenvalue weighted by atomic mass is 10.1. The first kappa shape index (κ1) is 20.5. The highest BCUT2D eigenvalue weighted by atomic mass is 19.1. The molecule has 0 atom stereocenters. The summed E-state index contributed by atoms with van der Waals surface area (Å²) in [5, 5.41) is 12.4. The third-order valence-electron chi connectivity index (χ3n) is 5.32. The SMILES string of the molecule is Cc1ccc(-n2ncc3c(-n4nc(C)cc4NC(=O)c4ccccc4F)ncnc32)c(C)c1. The largest absolute Gasteiger partial charge is 0.306 e. The maximum Gasteiger partial charge on any atom is 0.259 e. The topological polar surface area (TPSA) is 90.5 Å². The monoisotopic (exact) mass is 441 g/mol. The molecule has 0 saturated heterocycles. The summed E-state index contributed by atoms with van der Waals surface area (Å²) in [6.45, 7) is 5.85. The number of aromatic nitrogens is 6. The van der Waals surface area contributed by atoms with E-state index >= 15 is 0 Å². The van der Waals surface area contributed by atoms with Crippen molar-refractivity contribution in [2.75, 3.05) is 5.32 Å². The molecule has 9 heteroatoms. The van der Waals surface area contributed by atoms with Gasteiger partial charge in [-0.2, -0.15) is 14.9 Å². The van der Waals surface area contributed by atoms with Crippen molar-refractivity contribution >= 4 is 22.8 Å². The highest BCUT2D eigenvalue weighted by molar-refractivity contribution is 6.04. The van der Waals surface area contributed by atoms with Gasteiger partial charge in [-0.15, -0.1) is 0 Å². The van der Waals surface area contributed by atoms with Gasteiger partial charge in [-0.05, 0) is 44.5 Å². The molecule has 0 radical (unpaired) electrons. The van der Waals surface area contributed by atoms with Gasteiger partial charge >= 0.3 is 0 Å². The number of benzene rings is 2. The van der Waals surface area contributed by atoms with Gasteiger partial charge in [-0.3, -0.25) is 4.79 Å². The first-order chi connectivity index (χ1) is 15.9. The Morgan fingerprint density at radius 1 is 1.00 bits per heavy atom. The molecule has 164 valence electrons. The second-order valence-corrected chi connectivity index (χ2v) is 7.80. The number of amides is 1. The lowest BCUT2D eigenvalue weighted by Crippen LogP contribution is -2.17. The molecule has 5 rings (SSSR count). The zero-order chi connectivity index (χ0) is 23.1. The van der Waals surface area contributed by atoms with Crippen LogP contribution in [-0.4, -0.2) is 35.4 Å². The molecule has 0 bridgehead atoms. The molecule has 2 aromatic carbocycles. The molecule has 0 aliphatic rings. The minimum Gasteiger partial charge on any atom is -0.306 e. The van der Waals surface area contributed by atoms with Gasteiger partial charge in [0.2, 0.25) is 0 Å². The summed E-state index contributed by atoms with van der Waals surface area (Å²) < 4.78 is 17.3. The van der Waals surface area contributed by atoms with Crippen LogP contribution in [0.1, 0.15) is 27.2 Å². The van der Waals surface area contributed by atoms with Crippen LogP contribution in [-0.2, 0) is 0 Å². The second-order valence-electron chi connectivity index (χ2n) is 7.80. The average molecular weight is 441 g/mol. The molecule has 0 aliphatic heterocycles. The summed E-state index contributed by atoms with van der Waals surface area (Å²) in [7, 11) is 0. The van der Waals surface area contributed by atoms with E-state index in [0.29, 0.717) is 28.4 Å². The first-order valence-electron chi connectivity index (χ1n) is 10.3. The summed E-state index contributed by atoms with van der Waals surface area (Å²) in [4.78, 5) is 21.5. The van der Waals surface area contributed by atoms with Crippen LogP contribution in [0.3, 0.4) is 0 Å². The normalized spacial score (nSPS) is 11.2. The van der Waals surface area contributed by atoms with Crippen molar-refractivity contribution in [3.8, 4) is 11.5 Å². The third-order valence-corrected chi connectivity index (χ3v) is 5.32. The predicted octanol–water partition coefficient (Wildman–Crippen LogP) is 4.32. The van der Waals surface area contributed by atoms with Crippen molar-refractivity contribution in [2.45, 2.75) is 20.8 Å². The summed E-state index contributed by atoms with van der Waals surface area (Å²) in [6.07, 6.45) is 3.10. The van der Waals surface area contributed by atoms with Gasteiger partial charge in [0.05, 0.1) is 28.5 Å². The quantitative estimate of drug-likeness (QED) is 0.449. The summed E-state index contributed by atoms with van der Waals surface area (Å²) in [5.41, 5.74) is 4.33. The number of nitrogens with zero attached hydrogens (tertiary/aromatic N) is 6. The van der Waals surface area contributed by atoms with E-state index in [9.17, 15) is 9.18 Å². The standard InChI is InChI=1S/C24H20FN7O/c1-14-8-9-20(15(2)10-14)31-22-18(12-28-31)23(27-13-26-22)32-21(11-16(3)30-32)29-24(33)17-6-4-5-7-19(17)25/h4-13H,1-3H3,(H,29,33). The number of halogens is 1. The average Bonchev–Trinajstić information content (AvgIpc) is 3.37. The van der Waals surface area contributed by atoms with Gasteiger partial charge in [-0.25, -0.2) is 19.0 Å². The number of rotatable bonds is 4. The van der Waals surface area contributed by atoms with Crippen LogP contribution in [0.2, 0.25) is 0 Å². The molecule has 8 nitrogen and oxygen atoms in total. The molecule has 0 fully saturated rings. The highest BCUT2D eigenvalue weighted by Crippen LogP contribution is 2.26. The molecule has 0 saturated carbocycles. The Morgan fingerprint density at radius 3 is 2.61 bits per heavy atom. The fourth-order valence-electron chi connectivity index (χ4n) is 3.80. The van der Waals surface area contributed by atoms with E-state index in [1.807, 2.05) is 26.0 Å². The van der Waals surface area contributed by atoms with Gasteiger partial charge in [-0.1, -0.05) is 29.8 Å². The Kier molecular flexibility index (Phi) is 4.93. The second kappa shape index (κ2) is 7.94. The Balaban J connectivity index is 1.59. The Labute approximate surface area is 188 Å². The zero-order valence-corrected chi connectivity index (χ0v) is 18.2. The number of hydrogen-bond donors (Lipinski definition) is 1. The van der Waals surface area contributed by atoms with E-state index in [0.717, 1.165) is 16.8 Å². The summed E-state index contributed by atoms with van der Waals surface area (Å²) in [6, 6.07) is 13.6. The fourth-order valence-corrected chi connectivity index (χ4v) is 3.80. The highest BCUT2D eigenvalue weighted by Gasteiger charge is 2.19. The fraction of sp³-hybridized carbons (Fsp3) is 0.125. The molecule has 3 heterocycles. The van der Waals surface area contributed by atoms with Crippen LogP contribution in [0.4, 0.5) is 10.2 Å². The van der Waals surface area contributed by atoms with E-state index in [-0.39, 0.29) is 5.56 Å². The van der Waals surface area contributed by atoms with Crippen LogP contribution in [0, 0.1) is 26.6 Å². The van der Waals surface area contributed by atoms with Crippen molar-refractivity contribution in [1.82, 2.24) is 29.5 Å². The smallest absolute Gasteiger partial charge is 0.259 e. The summed E-state index contributed by atoms with van der Waals surface area (Å²) in [5.74, 6) is -0.365. The molecule has 0 unspecified atom stereocenters. The maximum absolute atomic E-state index is 14.1. The third kappa shape index (κ3) is 3.63. The molecule has 0 spiro atoms. The van der Waals surface area contributed by atoms with Crippen molar-refractivity contribution in [3.05, 3.63) is 89.3 Å². The van der Waals surface area contributed by atoms with Crippen molar-refractivity contribution in [2.24, 2.45) is 0 Å². The lowest BCUT2D eigenvalue weighted by Gasteiger charge is -2.10. The van der Waals surface area contributed by atoms with Gasteiger partial charge in [0.25, 0.3) is 5.91 Å². The Morgan fingerprint density at radius 2 is 1.82 bits per heavy atom. The van der Waals surface area contributed by atoms with Crippen molar-refractivity contribution in [1.29, 1.82) is 0 Å². The van der Waals surface area contributed by atoms with Crippen LogP contribution in [0.15, 0.2) is 61.1 Å². The van der Waals surface area contributed by atoms with Crippen molar-refractivity contribution in [3.63, 3.8) is 0 Å². The van der Waals surface area contributed by atoms with Crippen LogP contribution in [0.25, 0.3) is 22.5 Å². The van der Waals surface area contributed by atoms with Gasteiger partial charge in [0.15, 0.2) is 11.5 Å². The molecular formula is C24H20FN7O. The Bertz CT molecular complexity index is 1520. The number of carbonyl (C=O) groups is 1. The number of anilines is 1. The molecular weight excluding hydrogens is 421 g/mol. The molecule has 0 aliphatic carbocycles. The van der Waals surface area contributed by atoms with Gasteiger partial charge in [0, 0.05) is 6.07 Å². The number of aryl methyl sites for hydroxylation is 3. The predicted molar refractivity (Wildman–Crippen MR) is 122 cm³/mol. The van der Waals surface area contributed by atoms with Crippen LogP contribution < -0.4 is 5.32 Å². The van der Waals surface area contributed by atoms with Crippen molar-refractivity contribution < 1.29 is 9.18 Å². The maximum atomic E-state index is 14.1. The summed E-state index contributed by atoms with van der Waals surface area (Å²) >= 11 is 0. The van der Waals surface area contributed by atoms with E-state index in [1.54, 1.807) is 29.9 Å². The number of carbonyl (C=O) groups excluding carboxylic acids is 1.